The molecule has 0 aliphatic carbocycles. The number of nitrogens with zero attached hydrogens (tertiary/aromatic N) is 2. The normalized spacial score (nSPS) is 10.8. The molecule has 9 heteroatoms. The molecule has 33 heavy (non-hydrogen) atoms. The molecule has 168 valence electrons. The van der Waals surface area contributed by atoms with Gasteiger partial charge in [-0.15, -0.1) is 0 Å². The van der Waals surface area contributed by atoms with Crippen molar-refractivity contribution in [3.05, 3.63) is 89.5 Å². The van der Waals surface area contributed by atoms with E-state index in [0.29, 0.717) is 33.6 Å². The highest BCUT2D eigenvalue weighted by Gasteiger charge is 2.18. The Balaban J connectivity index is 1.57. The lowest BCUT2D eigenvalue weighted by molar-refractivity contribution is 0.0963. The van der Waals surface area contributed by atoms with Crippen molar-refractivity contribution in [3.63, 3.8) is 0 Å². The van der Waals surface area contributed by atoms with Gasteiger partial charge in [-0.1, -0.05) is 28.7 Å². The number of hydrogen-bond acceptors (Lipinski definition) is 6. The zero-order chi connectivity index (χ0) is 23.2. The van der Waals surface area contributed by atoms with E-state index >= 15 is 0 Å². The van der Waals surface area contributed by atoms with Crippen molar-refractivity contribution in [1.29, 1.82) is 0 Å². The minimum atomic E-state index is -0.330. The standard InChI is InChI=1S/C24H19FIN3O3S/c1-27-22(30)16-5-9-19(10-6-16)31-14-20-24(33-21-11-2-15(12-26)13-28-21)32-23(29-20)17-3-7-18(25)8-4-17/h2-11,13H,12,14H2,1H3,(H,27,30). The molecular weight excluding hydrogens is 556 g/mol. The second-order valence-electron chi connectivity index (χ2n) is 6.89. The van der Waals surface area contributed by atoms with Gasteiger partial charge in [0, 0.05) is 28.8 Å². The molecular formula is C24H19FIN3O3S. The fourth-order valence-corrected chi connectivity index (χ4v) is 4.09. The lowest BCUT2D eigenvalue weighted by Crippen LogP contribution is -2.17. The summed E-state index contributed by atoms with van der Waals surface area (Å²) in [6.07, 6.45) is 1.83. The first-order valence-electron chi connectivity index (χ1n) is 9.95. The van der Waals surface area contributed by atoms with Crippen molar-refractivity contribution in [2.45, 2.75) is 21.2 Å². The monoisotopic (exact) mass is 575 g/mol. The Morgan fingerprint density at radius 2 is 1.88 bits per heavy atom. The van der Waals surface area contributed by atoms with Gasteiger partial charge in [0.25, 0.3) is 5.91 Å². The number of benzene rings is 2. The number of pyridine rings is 1. The van der Waals surface area contributed by atoms with Crippen LogP contribution in [0, 0.1) is 5.82 Å². The molecule has 0 saturated heterocycles. The SMILES string of the molecule is CNC(=O)c1ccc(OCc2nc(-c3ccc(F)cc3)oc2Sc2ccc(CI)cn2)cc1. The largest absolute Gasteiger partial charge is 0.487 e. The number of aromatic nitrogens is 2. The van der Waals surface area contributed by atoms with Crippen LogP contribution in [0.4, 0.5) is 4.39 Å². The molecule has 0 unspecified atom stereocenters. The van der Waals surface area contributed by atoms with Crippen LogP contribution in [0.15, 0.2) is 81.4 Å². The maximum absolute atomic E-state index is 13.3. The van der Waals surface area contributed by atoms with Crippen molar-refractivity contribution in [2.75, 3.05) is 7.05 Å². The number of rotatable bonds is 8. The van der Waals surface area contributed by atoms with Gasteiger partial charge in [-0.25, -0.2) is 14.4 Å². The highest BCUT2D eigenvalue weighted by atomic mass is 127. The molecule has 1 N–H and O–H groups in total. The summed E-state index contributed by atoms with van der Waals surface area (Å²) in [4.78, 5) is 20.8. The highest BCUT2D eigenvalue weighted by Crippen LogP contribution is 2.34. The van der Waals surface area contributed by atoms with Crippen LogP contribution in [0.3, 0.4) is 0 Å². The summed E-state index contributed by atoms with van der Waals surface area (Å²) in [5.74, 6) is 0.467. The van der Waals surface area contributed by atoms with Crippen LogP contribution in [0.1, 0.15) is 21.6 Å². The molecule has 4 rings (SSSR count). The summed E-state index contributed by atoms with van der Waals surface area (Å²) in [7, 11) is 1.58. The first-order valence-corrected chi connectivity index (χ1v) is 12.3. The Morgan fingerprint density at radius 3 is 2.52 bits per heavy atom. The Bertz CT molecular complexity index is 1230. The molecule has 0 atom stereocenters. The smallest absolute Gasteiger partial charge is 0.251 e. The predicted molar refractivity (Wildman–Crippen MR) is 132 cm³/mol. The number of ether oxygens (including phenoxy) is 1. The summed E-state index contributed by atoms with van der Waals surface area (Å²) in [5, 5.41) is 3.90. The fraction of sp³-hybridized carbons (Fsp3) is 0.125. The van der Waals surface area contributed by atoms with Gasteiger partial charge in [0.05, 0.1) is 0 Å². The van der Waals surface area contributed by atoms with Crippen LogP contribution in [-0.4, -0.2) is 22.9 Å². The first kappa shape index (κ1) is 23.2. The second-order valence-corrected chi connectivity index (χ2v) is 8.65. The van der Waals surface area contributed by atoms with Crippen LogP contribution in [0.25, 0.3) is 11.5 Å². The van der Waals surface area contributed by atoms with Crippen molar-refractivity contribution in [1.82, 2.24) is 15.3 Å². The number of alkyl halides is 1. The van der Waals surface area contributed by atoms with Crippen LogP contribution in [0.2, 0.25) is 0 Å². The average molecular weight is 575 g/mol. The number of amides is 1. The van der Waals surface area contributed by atoms with E-state index in [9.17, 15) is 9.18 Å². The molecule has 6 nitrogen and oxygen atoms in total. The van der Waals surface area contributed by atoms with Crippen molar-refractivity contribution >= 4 is 40.3 Å². The predicted octanol–water partition coefficient (Wildman–Crippen LogP) is 5.90. The maximum Gasteiger partial charge on any atom is 0.251 e. The van der Waals surface area contributed by atoms with Gasteiger partial charge in [-0.2, -0.15) is 0 Å². The van der Waals surface area contributed by atoms with E-state index < -0.39 is 0 Å². The minimum Gasteiger partial charge on any atom is -0.487 e. The summed E-state index contributed by atoms with van der Waals surface area (Å²) >= 11 is 3.64. The maximum atomic E-state index is 13.3. The summed E-state index contributed by atoms with van der Waals surface area (Å²) < 4.78 is 26.1. The molecule has 2 aromatic carbocycles. The number of carbonyl (C=O) groups is 1. The zero-order valence-electron chi connectivity index (χ0n) is 17.5. The topological polar surface area (TPSA) is 77.2 Å². The molecule has 4 aromatic rings. The Kier molecular flexibility index (Phi) is 7.61. The lowest BCUT2D eigenvalue weighted by Gasteiger charge is -2.06. The van der Waals surface area contributed by atoms with Gasteiger partial charge in [0.15, 0.2) is 5.09 Å². The summed E-state index contributed by atoms with van der Waals surface area (Å²) in [6, 6.07) is 16.7. The molecule has 0 saturated carbocycles. The third-order valence-corrected chi connectivity index (χ3v) is 6.46. The van der Waals surface area contributed by atoms with E-state index in [1.165, 1.54) is 23.9 Å². The van der Waals surface area contributed by atoms with E-state index in [-0.39, 0.29) is 18.3 Å². The fourth-order valence-electron chi connectivity index (χ4n) is 2.87. The summed E-state index contributed by atoms with van der Waals surface area (Å²) in [6.45, 7) is 0.151. The lowest BCUT2D eigenvalue weighted by atomic mass is 10.2. The summed E-state index contributed by atoms with van der Waals surface area (Å²) in [5.41, 5.74) is 2.93. The molecule has 1 amide bonds. The molecule has 2 heterocycles. The number of halogens is 2. The minimum absolute atomic E-state index is 0.151. The van der Waals surface area contributed by atoms with Crippen LogP contribution < -0.4 is 10.1 Å². The number of carbonyl (C=O) groups excluding carboxylic acids is 1. The Morgan fingerprint density at radius 1 is 1.12 bits per heavy atom. The molecule has 0 spiro atoms. The van der Waals surface area contributed by atoms with E-state index in [1.54, 1.807) is 43.4 Å². The van der Waals surface area contributed by atoms with Crippen molar-refractivity contribution in [2.24, 2.45) is 0 Å². The number of nitrogens with one attached hydrogen (secondary N) is 1. The van der Waals surface area contributed by atoms with Gasteiger partial charge in [0.2, 0.25) is 5.89 Å². The van der Waals surface area contributed by atoms with Gasteiger partial charge >= 0.3 is 0 Å². The van der Waals surface area contributed by atoms with Crippen molar-refractivity contribution in [3.8, 4) is 17.2 Å². The highest BCUT2D eigenvalue weighted by molar-refractivity contribution is 14.1. The van der Waals surface area contributed by atoms with Crippen LogP contribution >= 0.6 is 34.4 Å². The van der Waals surface area contributed by atoms with Gasteiger partial charge < -0.3 is 14.5 Å². The first-order chi connectivity index (χ1) is 16.1. The number of hydrogen-bond donors (Lipinski definition) is 1. The van der Waals surface area contributed by atoms with E-state index in [2.05, 4.69) is 37.9 Å². The molecule has 2 aromatic heterocycles. The average Bonchev–Trinajstić information content (AvgIpc) is 3.26. The quantitative estimate of drug-likeness (QED) is 0.208. The van der Waals surface area contributed by atoms with Crippen molar-refractivity contribution < 1.29 is 18.3 Å². The Hall–Kier alpha value is -2.92. The zero-order valence-corrected chi connectivity index (χ0v) is 20.5. The molecule has 0 fully saturated rings. The number of oxazole rings is 1. The van der Waals surface area contributed by atoms with E-state index in [1.807, 2.05) is 18.3 Å². The molecule has 0 bridgehead atoms. The van der Waals surface area contributed by atoms with E-state index in [0.717, 1.165) is 15.0 Å². The third-order valence-electron chi connectivity index (χ3n) is 4.62. The third kappa shape index (κ3) is 5.91. The van der Waals surface area contributed by atoms with Crippen LogP contribution in [-0.2, 0) is 11.0 Å². The van der Waals surface area contributed by atoms with Gasteiger partial charge in [-0.05, 0) is 71.9 Å². The molecule has 0 radical (unpaired) electrons. The van der Waals surface area contributed by atoms with Gasteiger partial charge in [0.1, 0.15) is 28.9 Å². The second kappa shape index (κ2) is 10.8. The Labute approximate surface area is 208 Å². The molecule has 0 aliphatic rings. The van der Waals surface area contributed by atoms with Crippen LogP contribution in [0.5, 0.6) is 5.75 Å². The van der Waals surface area contributed by atoms with Gasteiger partial charge in [-0.3, -0.25) is 4.79 Å². The molecule has 0 aliphatic heterocycles. The van der Waals surface area contributed by atoms with E-state index in [4.69, 9.17) is 9.15 Å².